The lowest BCUT2D eigenvalue weighted by Gasteiger charge is -2.32. The summed E-state index contributed by atoms with van der Waals surface area (Å²) in [6.07, 6.45) is 5.49. The highest BCUT2D eigenvalue weighted by molar-refractivity contribution is 7.10. The van der Waals surface area contributed by atoms with Crippen LogP contribution < -0.4 is 10.1 Å². The van der Waals surface area contributed by atoms with Gasteiger partial charge in [0.2, 0.25) is 5.91 Å². The smallest absolute Gasteiger partial charge is 0.246 e. The van der Waals surface area contributed by atoms with Crippen LogP contribution in [-0.2, 0) is 4.79 Å². The second-order valence-electron chi connectivity index (χ2n) is 5.82. The number of amides is 1. The molecule has 5 heteroatoms. The lowest BCUT2D eigenvalue weighted by Crippen LogP contribution is -2.41. The third-order valence-corrected chi connectivity index (χ3v) is 5.02. The monoisotopic (exact) mass is 342 g/mol. The maximum absolute atomic E-state index is 12.2. The molecule has 0 atom stereocenters. The van der Waals surface area contributed by atoms with Gasteiger partial charge in [-0.2, -0.15) is 0 Å². The summed E-state index contributed by atoms with van der Waals surface area (Å²) in [7, 11) is 1.67. The Morgan fingerprint density at radius 3 is 2.83 bits per heavy atom. The number of methoxy groups -OCH3 is 1. The van der Waals surface area contributed by atoms with Crippen LogP contribution in [0.25, 0.3) is 6.08 Å². The number of benzene rings is 1. The molecule has 1 aromatic carbocycles. The summed E-state index contributed by atoms with van der Waals surface area (Å²) in [4.78, 5) is 15.3. The number of ether oxygens (including phenoxy) is 1. The number of rotatable bonds is 5. The van der Waals surface area contributed by atoms with E-state index in [4.69, 9.17) is 4.74 Å². The topological polar surface area (TPSA) is 41.6 Å². The van der Waals surface area contributed by atoms with Crippen molar-refractivity contribution >= 4 is 29.0 Å². The third-order valence-electron chi connectivity index (χ3n) is 4.18. The quantitative estimate of drug-likeness (QED) is 0.839. The summed E-state index contributed by atoms with van der Waals surface area (Å²) in [6.45, 7) is 1.57. The van der Waals surface area contributed by atoms with E-state index in [1.54, 1.807) is 24.5 Å². The van der Waals surface area contributed by atoms with Crippen molar-refractivity contribution in [3.8, 4) is 5.75 Å². The average molecular weight is 342 g/mol. The van der Waals surface area contributed by atoms with E-state index in [1.165, 1.54) is 0 Å². The van der Waals surface area contributed by atoms with E-state index in [0.717, 1.165) is 42.2 Å². The second kappa shape index (κ2) is 8.02. The second-order valence-corrected chi connectivity index (χ2v) is 6.80. The van der Waals surface area contributed by atoms with Crippen molar-refractivity contribution < 1.29 is 9.53 Å². The number of likely N-dealkylation sites (tertiary alicyclic amines) is 1. The molecular formula is C19H22N2O2S. The Hall–Kier alpha value is -2.27. The number of piperidine rings is 1. The van der Waals surface area contributed by atoms with Crippen LogP contribution in [0, 0.1) is 0 Å². The van der Waals surface area contributed by atoms with E-state index in [2.05, 4.69) is 5.32 Å². The highest BCUT2D eigenvalue weighted by Crippen LogP contribution is 2.21. The van der Waals surface area contributed by atoms with Gasteiger partial charge in [0.25, 0.3) is 0 Å². The molecule has 4 nitrogen and oxygen atoms in total. The molecule has 0 saturated carbocycles. The van der Waals surface area contributed by atoms with E-state index in [-0.39, 0.29) is 5.91 Å². The molecule has 24 heavy (non-hydrogen) atoms. The number of carbonyl (C=O) groups is 1. The molecule has 3 rings (SSSR count). The maximum atomic E-state index is 12.2. The number of hydrogen-bond donors (Lipinski definition) is 1. The molecule has 0 spiro atoms. The predicted molar refractivity (Wildman–Crippen MR) is 99.6 cm³/mol. The number of nitrogens with one attached hydrogen (secondary N) is 1. The standard InChI is InChI=1S/C19H22N2O2S/c1-23-17-5-2-4-16(14-17)20-15-9-11-21(12-10-15)19(22)8-7-18-6-3-13-24-18/h2-8,13-15,20H,9-12H2,1H3. The molecule has 2 heterocycles. The highest BCUT2D eigenvalue weighted by atomic mass is 32.1. The predicted octanol–water partition coefficient (Wildman–Crippen LogP) is 3.87. The Kier molecular flexibility index (Phi) is 5.54. The van der Waals surface area contributed by atoms with Crippen molar-refractivity contribution in [1.82, 2.24) is 4.90 Å². The zero-order valence-electron chi connectivity index (χ0n) is 13.8. The minimum atomic E-state index is 0.100. The van der Waals surface area contributed by atoms with Gasteiger partial charge in [-0.05, 0) is 42.5 Å². The Morgan fingerprint density at radius 2 is 2.12 bits per heavy atom. The zero-order chi connectivity index (χ0) is 16.8. The highest BCUT2D eigenvalue weighted by Gasteiger charge is 2.21. The molecule has 126 valence electrons. The fraction of sp³-hybridized carbons (Fsp3) is 0.316. The maximum Gasteiger partial charge on any atom is 0.246 e. The van der Waals surface area contributed by atoms with E-state index in [1.807, 2.05) is 52.8 Å². The SMILES string of the molecule is COc1cccc(NC2CCN(C(=O)C=Cc3cccs3)CC2)c1. The molecule has 0 bridgehead atoms. The Morgan fingerprint density at radius 1 is 1.29 bits per heavy atom. The van der Waals surface area contributed by atoms with Crippen molar-refractivity contribution in [3.05, 3.63) is 52.7 Å². The average Bonchev–Trinajstić information content (AvgIpc) is 3.14. The molecule has 0 aliphatic carbocycles. The fourth-order valence-electron chi connectivity index (χ4n) is 2.84. The minimum absolute atomic E-state index is 0.100. The first kappa shape index (κ1) is 16.6. The van der Waals surface area contributed by atoms with Crippen LogP contribution in [0.5, 0.6) is 5.75 Å². The number of carbonyl (C=O) groups excluding carboxylic acids is 1. The Bertz CT molecular complexity index is 689. The van der Waals surface area contributed by atoms with Gasteiger partial charge in [0, 0.05) is 41.8 Å². The summed E-state index contributed by atoms with van der Waals surface area (Å²) < 4.78 is 5.25. The summed E-state index contributed by atoms with van der Waals surface area (Å²) in [5.74, 6) is 0.953. The van der Waals surface area contributed by atoms with Gasteiger partial charge in [-0.3, -0.25) is 4.79 Å². The van der Waals surface area contributed by atoms with Gasteiger partial charge in [-0.15, -0.1) is 11.3 Å². The summed E-state index contributed by atoms with van der Waals surface area (Å²) in [6, 6.07) is 12.4. The molecule has 0 radical (unpaired) electrons. The van der Waals surface area contributed by atoms with E-state index in [9.17, 15) is 4.79 Å². The van der Waals surface area contributed by atoms with Gasteiger partial charge in [-0.25, -0.2) is 0 Å². The van der Waals surface area contributed by atoms with Crippen LogP contribution in [0.15, 0.2) is 47.9 Å². The first-order valence-electron chi connectivity index (χ1n) is 8.15. The Balaban J connectivity index is 1.49. The largest absolute Gasteiger partial charge is 0.497 e. The summed E-state index contributed by atoms with van der Waals surface area (Å²) >= 11 is 1.64. The van der Waals surface area contributed by atoms with Crippen LogP contribution in [0.3, 0.4) is 0 Å². The lowest BCUT2D eigenvalue weighted by atomic mass is 10.0. The minimum Gasteiger partial charge on any atom is -0.497 e. The molecule has 0 unspecified atom stereocenters. The van der Waals surface area contributed by atoms with Crippen molar-refractivity contribution in [2.45, 2.75) is 18.9 Å². The fourth-order valence-corrected chi connectivity index (χ4v) is 3.46. The third kappa shape index (κ3) is 4.38. The molecule has 1 N–H and O–H groups in total. The Labute approximate surface area is 146 Å². The molecule has 2 aromatic rings. The van der Waals surface area contributed by atoms with Gasteiger partial charge < -0.3 is 15.0 Å². The number of anilines is 1. The molecule has 1 saturated heterocycles. The molecule has 1 fully saturated rings. The molecular weight excluding hydrogens is 320 g/mol. The molecule has 1 aromatic heterocycles. The van der Waals surface area contributed by atoms with Crippen LogP contribution >= 0.6 is 11.3 Å². The number of hydrogen-bond acceptors (Lipinski definition) is 4. The van der Waals surface area contributed by atoms with Gasteiger partial charge >= 0.3 is 0 Å². The lowest BCUT2D eigenvalue weighted by molar-refractivity contribution is -0.126. The van der Waals surface area contributed by atoms with Crippen molar-refractivity contribution in [1.29, 1.82) is 0 Å². The molecule has 1 aliphatic rings. The van der Waals surface area contributed by atoms with Crippen LogP contribution in [0.1, 0.15) is 17.7 Å². The van der Waals surface area contributed by atoms with Crippen molar-refractivity contribution in [2.24, 2.45) is 0 Å². The molecule has 1 amide bonds. The number of thiophene rings is 1. The van der Waals surface area contributed by atoms with E-state index in [0.29, 0.717) is 6.04 Å². The summed E-state index contributed by atoms with van der Waals surface area (Å²) in [5, 5.41) is 5.55. The first-order valence-corrected chi connectivity index (χ1v) is 9.03. The van der Waals surface area contributed by atoms with Gasteiger partial charge in [-0.1, -0.05) is 12.1 Å². The van der Waals surface area contributed by atoms with Gasteiger partial charge in [0.15, 0.2) is 0 Å². The van der Waals surface area contributed by atoms with Gasteiger partial charge in [0.1, 0.15) is 5.75 Å². The summed E-state index contributed by atoms with van der Waals surface area (Å²) in [5.41, 5.74) is 1.07. The van der Waals surface area contributed by atoms with Crippen LogP contribution in [-0.4, -0.2) is 37.0 Å². The van der Waals surface area contributed by atoms with Crippen molar-refractivity contribution in [2.75, 3.05) is 25.5 Å². The molecule has 1 aliphatic heterocycles. The van der Waals surface area contributed by atoms with Gasteiger partial charge in [0.05, 0.1) is 7.11 Å². The zero-order valence-corrected chi connectivity index (χ0v) is 14.6. The van der Waals surface area contributed by atoms with Crippen molar-refractivity contribution in [3.63, 3.8) is 0 Å². The number of nitrogens with zero attached hydrogens (tertiary/aromatic N) is 1. The van der Waals surface area contributed by atoms with E-state index < -0.39 is 0 Å². The van der Waals surface area contributed by atoms with E-state index >= 15 is 0 Å². The van der Waals surface area contributed by atoms with Crippen LogP contribution in [0.2, 0.25) is 0 Å². The first-order chi connectivity index (χ1) is 11.7. The normalized spacial score (nSPS) is 15.6. The van der Waals surface area contributed by atoms with Crippen LogP contribution in [0.4, 0.5) is 5.69 Å².